The maximum Gasteiger partial charge on any atom is 0.0523 e. The van der Waals surface area contributed by atoms with Crippen molar-refractivity contribution in [2.75, 3.05) is 6.54 Å². The molecule has 90 valence electrons. The molecule has 3 nitrogen and oxygen atoms in total. The summed E-state index contributed by atoms with van der Waals surface area (Å²) in [7, 11) is 0. The van der Waals surface area contributed by atoms with E-state index in [2.05, 4.69) is 38.7 Å². The fourth-order valence-corrected chi connectivity index (χ4v) is 3.32. The van der Waals surface area contributed by atoms with Crippen LogP contribution in [0.15, 0.2) is 29.8 Å². The maximum absolute atomic E-state index is 4.08. The highest BCUT2D eigenvalue weighted by molar-refractivity contribution is 7.09. The molecule has 3 heterocycles. The van der Waals surface area contributed by atoms with Gasteiger partial charge in [0.2, 0.25) is 0 Å². The summed E-state index contributed by atoms with van der Waals surface area (Å²) in [6.07, 6.45) is 5.74. The molecule has 0 aromatic carbocycles. The highest BCUT2D eigenvalue weighted by atomic mass is 32.1. The van der Waals surface area contributed by atoms with E-state index in [1.807, 2.05) is 17.5 Å². The molecule has 1 aliphatic rings. The lowest BCUT2D eigenvalue weighted by Crippen LogP contribution is -2.32. The number of aromatic amines is 1. The molecule has 1 atom stereocenters. The van der Waals surface area contributed by atoms with Gasteiger partial charge in [0.1, 0.15) is 0 Å². The summed E-state index contributed by atoms with van der Waals surface area (Å²) in [5.74, 6) is 0. The van der Waals surface area contributed by atoms with Crippen molar-refractivity contribution in [1.29, 1.82) is 0 Å². The number of hydrogen-bond donors (Lipinski definition) is 1. The molecular weight excluding hydrogens is 230 g/mol. The van der Waals surface area contributed by atoms with Crippen molar-refractivity contribution in [3.8, 4) is 0 Å². The average molecular weight is 247 g/mol. The van der Waals surface area contributed by atoms with Crippen LogP contribution in [0.4, 0.5) is 0 Å². The van der Waals surface area contributed by atoms with Crippen LogP contribution < -0.4 is 0 Å². The molecule has 1 aliphatic heterocycles. The Labute approximate surface area is 105 Å². The van der Waals surface area contributed by atoms with E-state index in [4.69, 9.17) is 0 Å². The Bertz CT molecular complexity index is 435. The van der Waals surface area contributed by atoms with Crippen LogP contribution in [0.1, 0.15) is 35.9 Å². The van der Waals surface area contributed by atoms with E-state index >= 15 is 0 Å². The predicted octanol–water partition coefficient (Wildman–Crippen LogP) is 3.20. The Morgan fingerprint density at radius 3 is 3.18 bits per heavy atom. The Morgan fingerprint density at radius 2 is 2.41 bits per heavy atom. The maximum atomic E-state index is 4.08. The first-order chi connectivity index (χ1) is 8.43. The first-order valence-electron chi connectivity index (χ1n) is 6.19. The second-order valence-electron chi connectivity index (χ2n) is 4.57. The molecule has 0 spiro atoms. The lowest BCUT2D eigenvalue weighted by Gasteiger charge is -2.34. The van der Waals surface area contributed by atoms with Gasteiger partial charge in [-0.15, -0.1) is 11.3 Å². The van der Waals surface area contributed by atoms with Gasteiger partial charge < -0.3 is 0 Å². The lowest BCUT2D eigenvalue weighted by molar-refractivity contribution is 0.138. The van der Waals surface area contributed by atoms with Gasteiger partial charge in [-0.2, -0.15) is 5.10 Å². The fraction of sp³-hybridized carbons (Fsp3) is 0.462. The summed E-state index contributed by atoms with van der Waals surface area (Å²) >= 11 is 1.85. The first-order valence-corrected chi connectivity index (χ1v) is 7.07. The van der Waals surface area contributed by atoms with Gasteiger partial charge in [-0.25, -0.2) is 0 Å². The molecule has 4 heteroatoms. The standard InChI is InChI=1S/C13H17N3S/c1-2-8-16(10-11-4-3-9-17-11)13(5-1)12-6-7-14-15-12/h3-4,6-7,9,13H,1-2,5,8,10H2,(H,14,15)/t13-/m0/s1. The Hall–Kier alpha value is -1.13. The minimum Gasteiger partial charge on any atom is -0.290 e. The van der Waals surface area contributed by atoms with Crippen LogP contribution in [0, 0.1) is 0 Å². The Kier molecular flexibility index (Phi) is 3.25. The van der Waals surface area contributed by atoms with Crippen molar-refractivity contribution in [2.45, 2.75) is 31.8 Å². The number of piperidine rings is 1. The third kappa shape index (κ3) is 2.42. The molecule has 0 saturated carbocycles. The smallest absolute Gasteiger partial charge is 0.0523 e. The fourth-order valence-electron chi connectivity index (χ4n) is 2.59. The van der Waals surface area contributed by atoms with Gasteiger partial charge in [-0.3, -0.25) is 10.00 Å². The number of thiophene rings is 1. The molecule has 0 radical (unpaired) electrons. The zero-order valence-electron chi connectivity index (χ0n) is 9.80. The summed E-state index contributed by atoms with van der Waals surface area (Å²) in [4.78, 5) is 4.03. The van der Waals surface area contributed by atoms with Gasteiger partial charge >= 0.3 is 0 Å². The predicted molar refractivity (Wildman–Crippen MR) is 69.9 cm³/mol. The summed E-state index contributed by atoms with van der Waals surface area (Å²) in [5.41, 5.74) is 1.27. The lowest BCUT2D eigenvalue weighted by atomic mass is 9.99. The molecule has 1 saturated heterocycles. The number of nitrogens with one attached hydrogen (secondary N) is 1. The van der Waals surface area contributed by atoms with Crippen LogP contribution in [-0.2, 0) is 6.54 Å². The van der Waals surface area contributed by atoms with Crippen LogP contribution in [-0.4, -0.2) is 21.6 Å². The van der Waals surface area contributed by atoms with E-state index in [1.165, 1.54) is 36.4 Å². The van der Waals surface area contributed by atoms with Crippen molar-refractivity contribution < 1.29 is 0 Å². The molecule has 17 heavy (non-hydrogen) atoms. The van der Waals surface area contributed by atoms with Gasteiger partial charge in [-0.05, 0) is 36.9 Å². The van der Waals surface area contributed by atoms with Crippen LogP contribution >= 0.6 is 11.3 Å². The van der Waals surface area contributed by atoms with E-state index < -0.39 is 0 Å². The number of hydrogen-bond acceptors (Lipinski definition) is 3. The summed E-state index contributed by atoms with van der Waals surface area (Å²) in [6.45, 7) is 2.27. The van der Waals surface area contributed by atoms with E-state index in [1.54, 1.807) is 0 Å². The van der Waals surface area contributed by atoms with Gasteiger partial charge in [0.15, 0.2) is 0 Å². The average Bonchev–Trinajstić information content (AvgIpc) is 3.01. The molecule has 2 aromatic heterocycles. The van der Waals surface area contributed by atoms with E-state index in [0.29, 0.717) is 6.04 Å². The van der Waals surface area contributed by atoms with Gasteiger partial charge in [0.25, 0.3) is 0 Å². The molecular formula is C13H17N3S. The van der Waals surface area contributed by atoms with Gasteiger partial charge in [-0.1, -0.05) is 12.5 Å². The van der Waals surface area contributed by atoms with Crippen molar-refractivity contribution in [2.24, 2.45) is 0 Å². The number of H-pyrrole nitrogens is 1. The molecule has 1 fully saturated rings. The number of likely N-dealkylation sites (tertiary alicyclic amines) is 1. The highest BCUT2D eigenvalue weighted by Crippen LogP contribution is 2.31. The van der Waals surface area contributed by atoms with Crippen molar-refractivity contribution in [3.63, 3.8) is 0 Å². The number of nitrogens with zero attached hydrogens (tertiary/aromatic N) is 2. The molecule has 0 unspecified atom stereocenters. The van der Waals surface area contributed by atoms with Gasteiger partial charge in [0.05, 0.1) is 11.7 Å². The molecule has 2 aromatic rings. The van der Waals surface area contributed by atoms with Crippen LogP contribution in [0.3, 0.4) is 0 Å². The number of rotatable bonds is 3. The number of aromatic nitrogens is 2. The van der Waals surface area contributed by atoms with Crippen molar-refractivity contribution in [1.82, 2.24) is 15.1 Å². The third-order valence-corrected chi connectivity index (χ3v) is 4.30. The Balaban J connectivity index is 1.76. The van der Waals surface area contributed by atoms with Crippen LogP contribution in [0.5, 0.6) is 0 Å². The van der Waals surface area contributed by atoms with E-state index in [0.717, 1.165) is 6.54 Å². The highest BCUT2D eigenvalue weighted by Gasteiger charge is 2.24. The summed E-state index contributed by atoms with van der Waals surface area (Å²) in [5, 5.41) is 9.37. The Morgan fingerprint density at radius 1 is 1.41 bits per heavy atom. The second kappa shape index (κ2) is 5.02. The minimum atomic E-state index is 0.522. The monoisotopic (exact) mass is 247 g/mol. The van der Waals surface area contributed by atoms with Crippen LogP contribution in [0.2, 0.25) is 0 Å². The molecule has 1 N–H and O–H groups in total. The SMILES string of the molecule is c1csc(CN2CCCC[C@H]2c2ccn[nH]2)c1. The first kappa shape index (κ1) is 11.0. The second-order valence-corrected chi connectivity index (χ2v) is 5.61. The summed E-state index contributed by atoms with van der Waals surface area (Å²) in [6, 6.07) is 6.99. The normalized spacial score (nSPS) is 21.8. The van der Waals surface area contributed by atoms with E-state index in [9.17, 15) is 0 Å². The topological polar surface area (TPSA) is 31.9 Å². The zero-order valence-corrected chi connectivity index (χ0v) is 10.6. The van der Waals surface area contributed by atoms with Crippen molar-refractivity contribution in [3.05, 3.63) is 40.3 Å². The van der Waals surface area contributed by atoms with Gasteiger partial charge in [0, 0.05) is 17.6 Å². The van der Waals surface area contributed by atoms with E-state index in [-0.39, 0.29) is 0 Å². The van der Waals surface area contributed by atoms with Crippen molar-refractivity contribution >= 4 is 11.3 Å². The molecule has 0 aliphatic carbocycles. The zero-order chi connectivity index (χ0) is 11.5. The largest absolute Gasteiger partial charge is 0.290 e. The third-order valence-electron chi connectivity index (χ3n) is 3.43. The van der Waals surface area contributed by atoms with Crippen LogP contribution in [0.25, 0.3) is 0 Å². The minimum absolute atomic E-state index is 0.522. The molecule has 0 amide bonds. The molecule has 3 rings (SSSR count). The quantitative estimate of drug-likeness (QED) is 0.903. The molecule has 0 bridgehead atoms. The summed E-state index contributed by atoms with van der Waals surface area (Å²) < 4.78 is 0.